The van der Waals surface area contributed by atoms with E-state index in [2.05, 4.69) is 10.3 Å². The number of hydrogen-bond donors (Lipinski definition) is 1. The summed E-state index contributed by atoms with van der Waals surface area (Å²) < 4.78 is 4.99. The Hall–Kier alpha value is -0.450. The number of rotatable bonds is 8. The molecule has 0 saturated heterocycles. The van der Waals surface area contributed by atoms with Crippen LogP contribution in [0, 0.1) is 6.92 Å². The van der Waals surface area contributed by atoms with Crippen molar-refractivity contribution >= 4 is 11.3 Å². The van der Waals surface area contributed by atoms with Gasteiger partial charge in [0.15, 0.2) is 0 Å². The standard InChI is InChI=1S/C11H20N2OS/c1-10-13-9-11(15-10)8-12-6-4-3-5-7-14-2/h9,12H,3-8H2,1-2H3. The molecule has 0 atom stereocenters. The number of thiazole rings is 1. The van der Waals surface area contributed by atoms with Gasteiger partial charge in [-0.05, 0) is 32.7 Å². The molecule has 1 N–H and O–H groups in total. The second kappa shape index (κ2) is 7.79. The van der Waals surface area contributed by atoms with Gasteiger partial charge in [-0.3, -0.25) is 0 Å². The topological polar surface area (TPSA) is 34.1 Å². The Labute approximate surface area is 95.9 Å². The predicted octanol–water partition coefficient (Wildman–Crippen LogP) is 2.36. The lowest BCUT2D eigenvalue weighted by atomic mass is 10.2. The predicted molar refractivity (Wildman–Crippen MR) is 64.3 cm³/mol. The van der Waals surface area contributed by atoms with Crippen LogP contribution in [0.2, 0.25) is 0 Å². The molecule has 0 saturated carbocycles. The van der Waals surface area contributed by atoms with Crippen LogP contribution in [0.3, 0.4) is 0 Å². The van der Waals surface area contributed by atoms with Gasteiger partial charge in [0, 0.05) is 31.3 Å². The molecule has 1 rings (SSSR count). The van der Waals surface area contributed by atoms with Crippen LogP contribution < -0.4 is 5.32 Å². The normalized spacial score (nSPS) is 10.8. The number of methoxy groups -OCH3 is 1. The molecule has 0 fully saturated rings. The van der Waals surface area contributed by atoms with Crippen LogP contribution in [0.1, 0.15) is 29.1 Å². The molecule has 0 aliphatic rings. The molecule has 0 aliphatic heterocycles. The van der Waals surface area contributed by atoms with Gasteiger partial charge >= 0.3 is 0 Å². The van der Waals surface area contributed by atoms with Crippen LogP contribution in [-0.2, 0) is 11.3 Å². The lowest BCUT2D eigenvalue weighted by molar-refractivity contribution is 0.192. The molecule has 4 heteroatoms. The van der Waals surface area contributed by atoms with Gasteiger partial charge in [-0.1, -0.05) is 0 Å². The lowest BCUT2D eigenvalue weighted by Gasteiger charge is -2.02. The quantitative estimate of drug-likeness (QED) is 0.694. The molecule has 86 valence electrons. The number of nitrogens with zero attached hydrogens (tertiary/aromatic N) is 1. The second-order valence-corrected chi connectivity index (χ2v) is 4.90. The Morgan fingerprint density at radius 3 is 2.93 bits per heavy atom. The highest BCUT2D eigenvalue weighted by atomic mass is 32.1. The summed E-state index contributed by atoms with van der Waals surface area (Å²) in [5, 5.41) is 4.57. The summed E-state index contributed by atoms with van der Waals surface area (Å²) in [7, 11) is 1.75. The van der Waals surface area contributed by atoms with Crippen molar-refractivity contribution in [1.82, 2.24) is 10.3 Å². The van der Waals surface area contributed by atoms with Gasteiger partial charge in [0.1, 0.15) is 0 Å². The van der Waals surface area contributed by atoms with Gasteiger partial charge in [0.25, 0.3) is 0 Å². The summed E-state index contributed by atoms with van der Waals surface area (Å²) in [6.45, 7) is 4.96. The maximum absolute atomic E-state index is 4.99. The van der Waals surface area contributed by atoms with E-state index >= 15 is 0 Å². The van der Waals surface area contributed by atoms with E-state index in [1.54, 1.807) is 18.4 Å². The van der Waals surface area contributed by atoms with Crippen molar-refractivity contribution in [2.75, 3.05) is 20.3 Å². The number of aryl methyl sites for hydroxylation is 1. The zero-order valence-electron chi connectivity index (χ0n) is 9.58. The van der Waals surface area contributed by atoms with Crippen LogP contribution in [-0.4, -0.2) is 25.2 Å². The Kier molecular flexibility index (Phi) is 6.55. The van der Waals surface area contributed by atoms with Crippen LogP contribution in [0.5, 0.6) is 0 Å². The van der Waals surface area contributed by atoms with E-state index in [1.807, 2.05) is 13.1 Å². The first-order chi connectivity index (χ1) is 7.33. The zero-order valence-corrected chi connectivity index (χ0v) is 10.4. The molecule has 1 heterocycles. The van der Waals surface area contributed by atoms with Crippen LogP contribution in [0.25, 0.3) is 0 Å². The number of hydrogen-bond acceptors (Lipinski definition) is 4. The summed E-state index contributed by atoms with van der Waals surface area (Å²) in [6.07, 6.45) is 5.58. The molecule has 0 spiro atoms. The van der Waals surface area contributed by atoms with E-state index in [9.17, 15) is 0 Å². The highest BCUT2D eigenvalue weighted by Crippen LogP contribution is 2.10. The Morgan fingerprint density at radius 1 is 1.40 bits per heavy atom. The van der Waals surface area contributed by atoms with Gasteiger partial charge in [-0.2, -0.15) is 0 Å². The minimum atomic E-state index is 0.883. The maximum Gasteiger partial charge on any atom is 0.0897 e. The lowest BCUT2D eigenvalue weighted by Crippen LogP contribution is -2.13. The molecule has 1 aromatic rings. The SMILES string of the molecule is COCCCCCNCc1cnc(C)s1. The van der Waals surface area contributed by atoms with E-state index in [0.29, 0.717) is 0 Å². The smallest absolute Gasteiger partial charge is 0.0897 e. The first-order valence-electron chi connectivity index (χ1n) is 5.44. The Morgan fingerprint density at radius 2 is 2.27 bits per heavy atom. The number of ether oxygens (including phenoxy) is 1. The molecule has 0 aromatic carbocycles. The van der Waals surface area contributed by atoms with Gasteiger partial charge in [0.2, 0.25) is 0 Å². The van der Waals surface area contributed by atoms with Crippen molar-refractivity contribution in [1.29, 1.82) is 0 Å². The van der Waals surface area contributed by atoms with Crippen molar-refractivity contribution in [3.05, 3.63) is 16.1 Å². The van der Waals surface area contributed by atoms with E-state index < -0.39 is 0 Å². The van der Waals surface area contributed by atoms with Crippen LogP contribution in [0.15, 0.2) is 6.20 Å². The van der Waals surface area contributed by atoms with Gasteiger partial charge in [0.05, 0.1) is 5.01 Å². The first kappa shape index (κ1) is 12.6. The highest BCUT2D eigenvalue weighted by Gasteiger charge is 1.96. The van der Waals surface area contributed by atoms with Crippen molar-refractivity contribution in [3.63, 3.8) is 0 Å². The number of unbranched alkanes of at least 4 members (excludes halogenated alkanes) is 2. The van der Waals surface area contributed by atoms with Crippen molar-refractivity contribution in [2.24, 2.45) is 0 Å². The zero-order chi connectivity index (χ0) is 10.9. The van der Waals surface area contributed by atoms with E-state index in [4.69, 9.17) is 4.74 Å². The minimum absolute atomic E-state index is 0.883. The van der Waals surface area contributed by atoms with Crippen molar-refractivity contribution < 1.29 is 4.74 Å². The van der Waals surface area contributed by atoms with Crippen molar-refractivity contribution in [2.45, 2.75) is 32.7 Å². The maximum atomic E-state index is 4.99. The summed E-state index contributed by atoms with van der Waals surface area (Å²) in [4.78, 5) is 5.54. The molecule has 1 aromatic heterocycles. The molecule has 0 unspecified atom stereocenters. The summed E-state index contributed by atoms with van der Waals surface area (Å²) in [6, 6.07) is 0. The largest absolute Gasteiger partial charge is 0.385 e. The highest BCUT2D eigenvalue weighted by molar-refractivity contribution is 7.11. The fraction of sp³-hybridized carbons (Fsp3) is 0.727. The Bertz CT molecular complexity index is 263. The fourth-order valence-electron chi connectivity index (χ4n) is 1.37. The second-order valence-electron chi connectivity index (χ2n) is 3.58. The van der Waals surface area contributed by atoms with Crippen molar-refractivity contribution in [3.8, 4) is 0 Å². The first-order valence-corrected chi connectivity index (χ1v) is 6.25. The van der Waals surface area contributed by atoms with E-state index in [1.165, 1.54) is 17.7 Å². The third-order valence-corrected chi connectivity index (χ3v) is 3.08. The summed E-state index contributed by atoms with van der Waals surface area (Å²) in [5.41, 5.74) is 0. The monoisotopic (exact) mass is 228 g/mol. The Balaban J connectivity index is 1.93. The summed E-state index contributed by atoms with van der Waals surface area (Å²) in [5.74, 6) is 0. The molecule has 0 aliphatic carbocycles. The minimum Gasteiger partial charge on any atom is -0.385 e. The molecule has 3 nitrogen and oxygen atoms in total. The summed E-state index contributed by atoms with van der Waals surface area (Å²) >= 11 is 1.77. The average molecular weight is 228 g/mol. The molecule has 0 bridgehead atoms. The third kappa shape index (κ3) is 5.87. The van der Waals surface area contributed by atoms with Gasteiger partial charge in [-0.15, -0.1) is 11.3 Å². The van der Waals surface area contributed by atoms with Crippen LogP contribution >= 0.6 is 11.3 Å². The van der Waals surface area contributed by atoms with Gasteiger partial charge in [-0.25, -0.2) is 4.98 Å². The fourth-order valence-corrected chi connectivity index (χ4v) is 2.14. The molecule has 15 heavy (non-hydrogen) atoms. The molecule has 0 amide bonds. The van der Waals surface area contributed by atoms with E-state index in [0.717, 1.165) is 31.1 Å². The van der Waals surface area contributed by atoms with Gasteiger partial charge < -0.3 is 10.1 Å². The molecule has 0 radical (unpaired) electrons. The van der Waals surface area contributed by atoms with E-state index in [-0.39, 0.29) is 0 Å². The molecular weight excluding hydrogens is 208 g/mol. The number of nitrogens with one attached hydrogen (secondary N) is 1. The van der Waals surface area contributed by atoms with Crippen LogP contribution in [0.4, 0.5) is 0 Å². The molecular formula is C11H20N2OS. The third-order valence-electron chi connectivity index (χ3n) is 2.17. The average Bonchev–Trinajstić information content (AvgIpc) is 2.63. The number of aromatic nitrogens is 1.